The van der Waals surface area contributed by atoms with Gasteiger partial charge in [0, 0.05) is 28.1 Å². The number of carbonyl (C=O) groups excluding carboxylic acids is 2. The number of fused-ring (bicyclic) bond motifs is 1. The predicted molar refractivity (Wildman–Crippen MR) is 105 cm³/mol. The zero-order valence-corrected chi connectivity index (χ0v) is 15.8. The smallest absolute Gasteiger partial charge is 0.338 e. The quantitative estimate of drug-likeness (QED) is 0.600. The zero-order chi connectivity index (χ0) is 19.9. The Kier molecular flexibility index (Phi) is 4.41. The van der Waals surface area contributed by atoms with E-state index in [1.807, 2.05) is 18.2 Å². The largest absolute Gasteiger partial charge is 0.457 e. The van der Waals surface area contributed by atoms with E-state index in [1.165, 1.54) is 0 Å². The lowest BCUT2D eigenvalue weighted by atomic mass is 9.83. The summed E-state index contributed by atoms with van der Waals surface area (Å²) in [6, 6.07) is 12.2. The van der Waals surface area contributed by atoms with Gasteiger partial charge in [0.2, 0.25) is 5.60 Å². The number of esters is 1. The number of amides is 1. The van der Waals surface area contributed by atoms with Gasteiger partial charge >= 0.3 is 5.97 Å². The summed E-state index contributed by atoms with van der Waals surface area (Å²) in [7, 11) is 0. The van der Waals surface area contributed by atoms with Gasteiger partial charge in [0.25, 0.3) is 5.91 Å². The van der Waals surface area contributed by atoms with Gasteiger partial charge < -0.3 is 15.2 Å². The molecule has 0 saturated heterocycles. The Morgan fingerprint density at radius 2 is 2.07 bits per heavy atom. The van der Waals surface area contributed by atoms with Crippen LogP contribution in [0.5, 0.6) is 0 Å². The van der Waals surface area contributed by atoms with E-state index in [-0.39, 0.29) is 19.0 Å². The van der Waals surface area contributed by atoms with Crippen LogP contribution in [0.2, 0.25) is 5.02 Å². The second-order valence-electron chi connectivity index (χ2n) is 7.34. The van der Waals surface area contributed by atoms with Crippen molar-refractivity contribution in [3.63, 3.8) is 0 Å². The molecule has 6 heteroatoms. The van der Waals surface area contributed by atoms with Crippen molar-refractivity contribution in [1.82, 2.24) is 0 Å². The molecular formula is C22H18ClNO4. The predicted octanol–water partition coefficient (Wildman–Crippen LogP) is 3.44. The van der Waals surface area contributed by atoms with E-state index in [0.717, 1.165) is 18.4 Å². The van der Waals surface area contributed by atoms with Crippen LogP contribution in [0.1, 0.15) is 40.7 Å². The fourth-order valence-electron chi connectivity index (χ4n) is 3.72. The summed E-state index contributed by atoms with van der Waals surface area (Å²) in [4.78, 5) is 24.4. The van der Waals surface area contributed by atoms with Crippen LogP contribution >= 0.6 is 11.6 Å². The molecule has 0 radical (unpaired) electrons. The molecule has 1 fully saturated rings. The van der Waals surface area contributed by atoms with Crippen molar-refractivity contribution < 1.29 is 19.4 Å². The molecule has 2 N–H and O–H groups in total. The first-order valence-corrected chi connectivity index (χ1v) is 9.31. The van der Waals surface area contributed by atoms with Crippen LogP contribution in [0.4, 0.5) is 5.69 Å². The number of hydrogen-bond acceptors (Lipinski definition) is 4. The Morgan fingerprint density at radius 3 is 2.75 bits per heavy atom. The van der Waals surface area contributed by atoms with Gasteiger partial charge in [0.15, 0.2) is 0 Å². The summed E-state index contributed by atoms with van der Waals surface area (Å²) in [6.45, 7) is 0.160. The van der Waals surface area contributed by atoms with Gasteiger partial charge in [0.05, 0.1) is 5.56 Å². The number of aliphatic hydroxyl groups is 1. The van der Waals surface area contributed by atoms with Crippen molar-refractivity contribution in [2.45, 2.75) is 36.9 Å². The lowest BCUT2D eigenvalue weighted by Gasteiger charge is -2.27. The van der Waals surface area contributed by atoms with Crippen molar-refractivity contribution in [2.75, 3.05) is 5.32 Å². The maximum absolute atomic E-state index is 12.8. The minimum Gasteiger partial charge on any atom is -0.457 e. The van der Waals surface area contributed by atoms with Gasteiger partial charge in [0.1, 0.15) is 6.61 Å². The topological polar surface area (TPSA) is 75.6 Å². The number of terminal acetylenes is 1. The molecule has 1 atom stereocenters. The Labute approximate surface area is 167 Å². The van der Waals surface area contributed by atoms with E-state index in [4.69, 9.17) is 22.8 Å². The van der Waals surface area contributed by atoms with Gasteiger partial charge in [-0.25, -0.2) is 4.79 Å². The SMILES string of the molecule is C#CC(O)(CC1(c2ccccc2Cl)CC1)C(=O)Nc1ccc2c(c1)COC2=O. The zero-order valence-electron chi connectivity index (χ0n) is 15.0. The van der Waals surface area contributed by atoms with E-state index in [0.29, 0.717) is 21.8 Å². The molecule has 28 heavy (non-hydrogen) atoms. The first-order valence-electron chi connectivity index (χ1n) is 8.94. The number of halogens is 1. The Bertz CT molecular complexity index is 1020. The average Bonchev–Trinajstić information content (AvgIpc) is 3.37. The van der Waals surface area contributed by atoms with Gasteiger partial charge in [-0.15, -0.1) is 6.42 Å². The molecule has 2 aliphatic rings. The van der Waals surface area contributed by atoms with Crippen molar-refractivity contribution >= 4 is 29.2 Å². The molecule has 4 rings (SSSR count). The Hall–Kier alpha value is -2.81. The van der Waals surface area contributed by atoms with Crippen molar-refractivity contribution in [1.29, 1.82) is 0 Å². The molecule has 1 aliphatic heterocycles. The van der Waals surface area contributed by atoms with E-state index >= 15 is 0 Å². The number of ether oxygens (including phenoxy) is 1. The molecule has 1 aliphatic carbocycles. The van der Waals surface area contributed by atoms with E-state index < -0.39 is 16.9 Å². The molecule has 5 nitrogen and oxygen atoms in total. The molecule has 1 saturated carbocycles. The number of nitrogens with one attached hydrogen (secondary N) is 1. The third-order valence-corrected chi connectivity index (χ3v) is 5.78. The highest BCUT2D eigenvalue weighted by molar-refractivity contribution is 6.31. The molecule has 2 aromatic carbocycles. The van der Waals surface area contributed by atoms with Crippen LogP contribution in [0.25, 0.3) is 0 Å². The molecule has 1 amide bonds. The van der Waals surface area contributed by atoms with Crippen LogP contribution in [0.3, 0.4) is 0 Å². The molecule has 1 unspecified atom stereocenters. The highest BCUT2D eigenvalue weighted by Crippen LogP contribution is 2.55. The number of carbonyl (C=O) groups is 2. The highest BCUT2D eigenvalue weighted by Gasteiger charge is 2.52. The van der Waals surface area contributed by atoms with E-state index in [1.54, 1.807) is 24.3 Å². The molecule has 0 bridgehead atoms. The first kappa shape index (κ1) is 18.5. The van der Waals surface area contributed by atoms with Gasteiger partial charge in [-0.05, 0) is 42.7 Å². The third kappa shape index (κ3) is 3.15. The Morgan fingerprint density at radius 1 is 1.32 bits per heavy atom. The molecule has 142 valence electrons. The average molecular weight is 396 g/mol. The number of hydrogen-bond donors (Lipinski definition) is 2. The summed E-state index contributed by atoms with van der Waals surface area (Å²) in [6.07, 6.45) is 7.24. The molecule has 0 aromatic heterocycles. The van der Waals surface area contributed by atoms with Gasteiger partial charge in [-0.2, -0.15) is 0 Å². The van der Waals surface area contributed by atoms with Crippen molar-refractivity contribution in [3.05, 3.63) is 64.2 Å². The lowest BCUT2D eigenvalue weighted by Crippen LogP contribution is -2.44. The first-order chi connectivity index (χ1) is 13.4. The van der Waals surface area contributed by atoms with Crippen molar-refractivity contribution in [3.8, 4) is 12.3 Å². The summed E-state index contributed by atoms with van der Waals surface area (Å²) in [5.74, 6) is 1.20. The van der Waals surface area contributed by atoms with Crippen molar-refractivity contribution in [2.24, 2.45) is 0 Å². The summed E-state index contributed by atoms with van der Waals surface area (Å²) >= 11 is 6.32. The monoisotopic (exact) mass is 395 g/mol. The molecule has 2 aromatic rings. The van der Waals surface area contributed by atoms with Crippen LogP contribution in [-0.4, -0.2) is 22.6 Å². The molecule has 0 spiro atoms. The van der Waals surface area contributed by atoms with E-state index in [2.05, 4.69) is 11.2 Å². The summed E-state index contributed by atoms with van der Waals surface area (Å²) in [5, 5.41) is 14.2. The number of benzene rings is 2. The normalized spacial score (nSPS) is 18.4. The second kappa shape index (κ2) is 6.66. The van der Waals surface area contributed by atoms with Crippen LogP contribution in [0.15, 0.2) is 42.5 Å². The minimum atomic E-state index is -1.99. The molecular weight excluding hydrogens is 378 g/mol. The lowest BCUT2D eigenvalue weighted by molar-refractivity contribution is -0.129. The fraction of sp³-hybridized carbons (Fsp3) is 0.273. The van der Waals surface area contributed by atoms with Crippen LogP contribution in [0, 0.1) is 12.3 Å². The summed E-state index contributed by atoms with van der Waals surface area (Å²) < 4.78 is 4.96. The number of rotatable bonds is 5. The fourth-order valence-corrected chi connectivity index (χ4v) is 4.05. The highest BCUT2D eigenvalue weighted by atomic mass is 35.5. The summed E-state index contributed by atoms with van der Waals surface area (Å²) in [5.41, 5.74) is 0.100. The maximum Gasteiger partial charge on any atom is 0.338 e. The van der Waals surface area contributed by atoms with Crippen LogP contribution < -0.4 is 5.32 Å². The third-order valence-electron chi connectivity index (χ3n) is 5.45. The number of cyclic esters (lactones) is 1. The maximum atomic E-state index is 12.8. The Balaban J connectivity index is 1.55. The second-order valence-corrected chi connectivity index (χ2v) is 7.75. The van der Waals surface area contributed by atoms with E-state index in [9.17, 15) is 14.7 Å². The van der Waals surface area contributed by atoms with Gasteiger partial charge in [-0.1, -0.05) is 35.7 Å². The number of anilines is 1. The van der Waals surface area contributed by atoms with Gasteiger partial charge in [-0.3, -0.25) is 4.79 Å². The molecule has 1 heterocycles. The minimum absolute atomic E-state index is 0.0819. The van der Waals surface area contributed by atoms with Crippen LogP contribution in [-0.2, 0) is 21.6 Å². The standard InChI is InChI=1S/C22H18ClNO4/c1-2-22(27,13-21(9-10-21)17-5-3-4-6-18(17)23)20(26)24-15-7-8-16-14(11-15)12-28-19(16)25/h1,3-8,11,27H,9-10,12-13H2,(H,24,26).